The Morgan fingerprint density at radius 2 is 1.80 bits per heavy atom. The largest absolute Gasteiger partial charge is 0.343 e. The third-order valence-electron chi connectivity index (χ3n) is 5.02. The molecule has 2 aliphatic rings. The molecule has 1 amide bonds. The summed E-state index contributed by atoms with van der Waals surface area (Å²) in [7, 11) is 0. The normalized spacial score (nSPS) is 27.6. The van der Waals surface area contributed by atoms with Crippen LogP contribution in [0.1, 0.15) is 71.1 Å². The van der Waals surface area contributed by atoms with Crippen molar-refractivity contribution in [3.63, 3.8) is 0 Å². The van der Waals surface area contributed by atoms with Gasteiger partial charge in [0.15, 0.2) is 0 Å². The predicted molar refractivity (Wildman–Crippen MR) is 83.7 cm³/mol. The van der Waals surface area contributed by atoms with Crippen LogP contribution in [0.4, 0.5) is 0 Å². The van der Waals surface area contributed by atoms with Crippen molar-refractivity contribution in [2.24, 2.45) is 5.92 Å². The standard InChI is InChI=1S/C17H32N2O/c1-2-6-15-7-9-16(10-8-15)18-12-11-17(20)19-13-4-3-5-14-19/h15-16,18H,2-14H2,1H3. The predicted octanol–water partition coefficient (Wildman–Crippen LogP) is 3.34. The molecule has 1 saturated heterocycles. The monoisotopic (exact) mass is 280 g/mol. The quantitative estimate of drug-likeness (QED) is 0.809. The number of carbonyl (C=O) groups excluding carboxylic acids is 1. The second-order valence-corrected chi connectivity index (χ2v) is 6.65. The van der Waals surface area contributed by atoms with Gasteiger partial charge >= 0.3 is 0 Å². The Morgan fingerprint density at radius 1 is 1.10 bits per heavy atom. The summed E-state index contributed by atoms with van der Waals surface area (Å²) in [6.07, 6.45) is 12.5. The number of piperidine rings is 1. The number of likely N-dealkylation sites (tertiary alicyclic amines) is 1. The summed E-state index contributed by atoms with van der Waals surface area (Å²) in [4.78, 5) is 14.1. The zero-order chi connectivity index (χ0) is 14.2. The number of carbonyl (C=O) groups is 1. The summed E-state index contributed by atoms with van der Waals surface area (Å²) in [5, 5.41) is 3.61. The van der Waals surface area contributed by atoms with Crippen LogP contribution >= 0.6 is 0 Å². The lowest BCUT2D eigenvalue weighted by molar-refractivity contribution is -0.132. The fourth-order valence-corrected chi connectivity index (χ4v) is 3.75. The molecule has 0 aromatic heterocycles. The van der Waals surface area contributed by atoms with Crippen LogP contribution in [-0.2, 0) is 4.79 Å². The van der Waals surface area contributed by atoms with Gasteiger partial charge in [-0.3, -0.25) is 4.79 Å². The molecule has 0 atom stereocenters. The van der Waals surface area contributed by atoms with Gasteiger partial charge in [-0.25, -0.2) is 0 Å². The van der Waals surface area contributed by atoms with Crippen LogP contribution in [0.2, 0.25) is 0 Å². The summed E-state index contributed by atoms with van der Waals surface area (Å²) in [5.41, 5.74) is 0. The number of hydrogen-bond acceptors (Lipinski definition) is 2. The number of nitrogens with zero attached hydrogens (tertiary/aromatic N) is 1. The first-order chi connectivity index (χ1) is 9.79. The second-order valence-electron chi connectivity index (χ2n) is 6.65. The molecule has 0 spiro atoms. The number of rotatable bonds is 6. The van der Waals surface area contributed by atoms with Crippen molar-refractivity contribution in [1.82, 2.24) is 10.2 Å². The Kier molecular flexibility index (Phi) is 6.85. The minimum atomic E-state index is 0.358. The van der Waals surface area contributed by atoms with E-state index in [9.17, 15) is 4.79 Å². The molecule has 1 saturated carbocycles. The molecule has 0 radical (unpaired) electrons. The van der Waals surface area contributed by atoms with Crippen molar-refractivity contribution >= 4 is 5.91 Å². The van der Waals surface area contributed by atoms with E-state index in [0.29, 0.717) is 18.4 Å². The van der Waals surface area contributed by atoms with Crippen molar-refractivity contribution < 1.29 is 4.79 Å². The van der Waals surface area contributed by atoms with Crippen LogP contribution in [-0.4, -0.2) is 36.5 Å². The third kappa shape index (κ3) is 5.08. The maximum absolute atomic E-state index is 12.1. The van der Waals surface area contributed by atoms with E-state index in [0.717, 1.165) is 25.6 Å². The van der Waals surface area contributed by atoms with Crippen LogP contribution in [0, 0.1) is 5.92 Å². The Balaban J connectivity index is 1.56. The molecule has 0 unspecified atom stereocenters. The van der Waals surface area contributed by atoms with Gasteiger partial charge in [-0.1, -0.05) is 19.8 Å². The molecule has 1 heterocycles. The van der Waals surface area contributed by atoms with Crippen LogP contribution < -0.4 is 5.32 Å². The van der Waals surface area contributed by atoms with Gasteiger partial charge in [0.05, 0.1) is 0 Å². The molecule has 3 nitrogen and oxygen atoms in total. The minimum Gasteiger partial charge on any atom is -0.343 e. The van der Waals surface area contributed by atoms with Gasteiger partial charge in [-0.15, -0.1) is 0 Å². The van der Waals surface area contributed by atoms with E-state index in [1.807, 2.05) is 0 Å². The SMILES string of the molecule is CCCC1CCC(NCCC(=O)N2CCCCC2)CC1. The maximum Gasteiger partial charge on any atom is 0.223 e. The van der Waals surface area contributed by atoms with Gasteiger partial charge in [0, 0.05) is 32.1 Å². The van der Waals surface area contributed by atoms with E-state index in [2.05, 4.69) is 17.1 Å². The fraction of sp³-hybridized carbons (Fsp3) is 0.941. The molecular weight excluding hydrogens is 248 g/mol. The first-order valence-electron chi connectivity index (χ1n) is 8.80. The zero-order valence-corrected chi connectivity index (χ0v) is 13.2. The Labute approximate surface area is 124 Å². The highest BCUT2D eigenvalue weighted by Crippen LogP contribution is 2.27. The Hall–Kier alpha value is -0.570. The smallest absolute Gasteiger partial charge is 0.223 e. The summed E-state index contributed by atoms with van der Waals surface area (Å²) >= 11 is 0. The molecule has 2 rings (SSSR count). The average Bonchev–Trinajstić information content (AvgIpc) is 2.50. The van der Waals surface area contributed by atoms with Crippen molar-refractivity contribution in [2.75, 3.05) is 19.6 Å². The van der Waals surface area contributed by atoms with Crippen molar-refractivity contribution in [3.05, 3.63) is 0 Å². The zero-order valence-electron chi connectivity index (χ0n) is 13.2. The topological polar surface area (TPSA) is 32.3 Å². The van der Waals surface area contributed by atoms with Gasteiger partial charge in [0.1, 0.15) is 0 Å². The molecule has 116 valence electrons. The van der Waals surface area contributed by atoms with Gasteiger partial charge in [-0.2, -0.15) is 0 Å². The highest BCUT2D eigenvalue weighted by molar-refractivity contribution is 5.76. The van der Waals surface area contributed by atoms with Crippen molar-refractivity contribution in [3.8, 4) is 0 Å². The lowest BCUT2D eigenvalue weighted by Gasteiger charge is -2.30. The molecule has 1 aliphatic heterocycles. The van der Waals surface area contributed by atoms with Crippen LogP contribution in [0.5, 0.6) is 0 Å². The first kappa shape index (κ1) is 15.8. The summed E-state index contributed by atoms with van der Waals surface area (Å²) < 4.78 is 0. The minimum absolute atomic E-state index is 0.358. The van der Waals surface area contributed by atoms with E-state index >= 15 is 0 Å². The fourth-order valence-electron chi connectivity index (χ4n) is 3.75. The number of hydrogen-bond donors (Lipinski definition) is 1. The summed E-state index contributed by atoms with van der Waals surface area (Å²) in [6, 6.07) is 0.664. The average molecular weight is 280 g/mol. The maximum atomic E-state index is 12.1. The van der Waals surface area contributed by atoms with Gasteiger partial charge < -0.3 is 10.2 Å². The second kappa shape index (κ2) is 8.66. The van der Waals surface area contributed by atoms with Gasteiger partial charge in [0.25, 0.3) is 0 Å². The van der Waals surface area contributed by atoms with Crippen LogP contribution in [0.15, 0.2) is 0 Å². The molecular formula is C17H32N2O. The highest BCUT2D eigenvalue weighted by atomic mass is 16.2. The van der Waals surface area contributed by atoms with E-state index in [4.69, 9.17) is 0 Å². The summed E-state index contributed by atoms with van der Waals surface area (Å²) in [5.74, 6) is 1.32. The molecule has 0 aromatic carbocycles. The number of amides is 1. The van der Waals surface area contributed by atoms with E-state index in [-0.39, 0.29) is 0 Å². The lowest BCUT2D eigenvalue weighted by atomic mass is 9.83. The van der Waals surface area contributed by atoms with Crippen LogP contribution in [0.25, 0.3) is 0 Å². The van der Waals surface area contributed by atoms with Crippen LogP contribution in [0.3, 0.4) is 0 Å². The Bertz CT molecular complexity index is 279. The molecule has 0 bridgehead atoms. The molecule has 20 heavy (non-hydrogen) atoms. The van der Waals surface area contributed by atoms with Gasteiger partial charge in [-0.05, 0) is 50.9 Å². The van der Waals surface area contributed by atoms with Gasteiger partial charge in [0.2, 0.25) is 5.91 Å². The molecule has 3 heteroatoms. The van der Waals surface area contributed by atoms with Crippen molar-refractivity contribution in [2.45, 2.75) is 77.2 Å². The Morgan fingerprint density at radius 3 is 2.45 bits per heavy atom. The van der Waals surface area contributed by atoms with E-state index in [1.54, 1.807) is 0 Å². The molecule has 2 fully saturated rings. The van der Waals surface area contributed by atoms with Crippen molar-refractivity contribution in [1.29, 1.82) is 0 Å². The molecule has 0 aromatic rings. The highest BCUT2D eigenvalue weighted by Gasteiger charge is 2.21. The lowest BCUT2D eigenvalue weighted by Crippen LogP contribution is -2.39. The number of nitrogens with one attached hydrogen (secondary N) is 1. The summed E-state index contributed by atoms with van der Waals surface area (Å²) in [6.45, 7) is 5.14. The van der Waals surface area contributed by atoms with E-state index in [1.165, 1.54) is 57.8 Å². The first-order valence-corrected chi connectivity index (χ1v) is 8.80. The molecule has 1 aliphatic carbocycles. The van der Waals surface area contributed by atoms with E-state index < -0.39 is 0 Å². The molecule has 1 N–H and O–H groups in total. The third-order valence-corrected chi connectivity index (χ3v) is 5.02.